The van der Waals surface area contributed by atoms with Crippen molar-refractivity contribution in [1.29, 1.82) is 0 Å². The van der Waals surface area contributed by atoms with E-state index in [0.29, 0.717) is 48.0 Å². The minimum atomic E-state index is -1.22. The van der Waals surface area contributed by atoms with E-state index in [1.165, 1.54) is 4.90 Å². The maximum absolute atomic E-state index is 14.4. The Kier molecular flexibility index (Phi) is 8.07. The van der Waals surface area contributed by atoms with Gasteiger partial charge in [-0.15, -0.1) is 0 Å². The fourth-order valence-electron chi connectivity index (χ4n) is 7.02. The molecule has 3 heterocycles. The van der Waals surface area contributed by atoms with Crippen molar-refractivity contribution >= 4 is 40.7 Å². The number of para-hydroxylation sites is 1. The highest BCUT2D eigenvalue weighted by atomic mass is 35.5. The van der Waals surface area contributed by atoms with Crippen molar-refractivity contribution in [3.63, 3.8) is 0 Å². The monoisotopic (exact) mass is 583 g/mol. The van der Waals surface area contributed by atoms with Crippen molar-refractivity contribution in [3.05, 3.63) is 53.6 Å². The molecule has 5 rings (SSSR count). The number of benzene rings is 2. The summed E-state index contributed by atoms with van der Waals surface area (Å²) in [5, 5.41) is 16.7. The van der Waals surface area contributed by atoms with Gasteiger partial charge in [0.05, 0.1) is 47.4 Å². The fraction of sp³-hybridized carbons (Fsp3) is 0.516. The first-order valence-corrected chi connectivity index (χ1v) is 14.7. The van der Waals surface area contributed by atoms with E-state index in [9.17, 15) is 19.5 Å². The standard InChI is InChI=1S/C31H38ClN3O6/c1-5-18(3)23(17-36)35-26(28(38)34-22-10-8-7-9-21(22)32)31-16-15-30(4,41-31)24(25(31)29(35)39)27(37)33-19-11-13-20(14-12-19)40-6-2/h7-14,18,23-26,36H,5-6,15-17H2,1-4H3,(H,33,37)(H,34,38)/t18-,23-,24+,25-,26?,30-,31?/m0/s1. The number of fused-ring (bicyclic) bond motifs is 1. The van der Waals surface area contributed by atoms with Gasteiger partial charge in [-0.25, -0.2) is 0 Å². The zero-order valence-electron chi connectivity index (χ0n) is 23.9. The Morgan fingerprint density at radius 3 is 2.46 bits per heavy atom. The van der Waals surface area contributed by atoms with Gasteiger partial charge in [0.2, 0.25) is 17.7 Å². The third-order valence-electron chi connectivity index (χ3n) is 9.16. The molecule has 3 fully saturated rings. The van der Waals surface area contributed by atoms with Crippen LogP contribution in [-0.4, -0.2) is 64.2 Å². The molecule has 220 valence electrons. The molecule has 3 aliphatic rings. The second kappa shape index (κ2) is 11.3. The molecule has 7 atom stereocenters. The van der Waals surface area contributed by atoms with E-state index in [1.54, 1.807) is 48.5 Å². The van der Waals surface area contributed by atoms with Crippen LogP contribution in [0.1, 0.15) is 47.0 Å². The number of amides is 3. The van der Waals surface area contributed by atoms with Crippen molar-refractivity contribution in [2.45, 2.75) is 70.2 Å². The molecule has 3 N–H and O–H groups in total. The van der Waals surface area contributed by atoms with Crippen LogP contribution in [0.3, 0.4) is 0 Å². The van der Waals surface area contributed by atoms with Crippen LogP contribution in [0.25, 0.3) is 0 Å². The van der Waals surface area contributed by atoms with Crippen molar-refractivity contribution in [3.8, 4) is 5.75 Å². The first-order chi connectivity index (χ1) is 19.6. The lowest BCUT2D eigenvalue weighted by Gasteiger charge is -2.39. The molecule has 1 spiro atoms. The smallest absolute Gasteiger partial charge is 0.250 e. The summed E-state index contributed by atoms with van der Waals surface area (Å²) in [5.41, 5.74) is -1.17. The molecular weight excluding hydrogens is 546 g/mol. The number of carbonyl (C=O) groups is 3. The summed E-state index contributed by atoms with van der Waals surface area (Å²) in [6, 6.07) is 12.3. The summed E-state index contributed by atoms with van der Waals surface area (Å²) in [6.45, 7) is 7.87. The molecule has 9 nitrogen and oxygen atoms in total. The number of ether oxygens (including phenoxy) is 2. The van der Waals surface area contributed by atoms with Crippen LogP contribution in [0.2, 0.25) is 5.02 Å². The Morgan fingerprint density at radius 2 is 1.83 bits per heavy atom. The average Bonchev–Trinajstić information content (AvgIpc) is 3.52. The Labute approximate surface area is 245 Å². The highest BCUT2D eigenvalue weighted by Gasteiger charge is 2.78. The summed E-state index contributed by atoms with van der Waals surface area (Å²) in [5.74, 6) is -2.26. The molecular formula is C31H38ClN3O6. The number of hydrogen-bond acceptors (Lipinski definition) is 6. The number of aliphatic hydroxyl groups excluding tert-OH is 1. The number of likely N-dealkylation sites (tertiary alicyclic amines) is 1. The Morgan fingerprint density at radius 1 is 1.12 bits per heavy atom. The molecule has 0 saturated carbocycles. The number of anilines is 2. The highest BCUT2D eigenvalue weighted by molar-refractivity contribution is 6.33. The van der Waals surface area contributed by atoms with Gasteiger partial charge in [-0.2, -0.15) is 0 Å². The minimum absolute atomic E-state index is 0.0984. The largest absolute Gasteiger partial charge is 0.494 e. The van der Waals surface area contributed by atoms with Gasteiger partial charge in [0, 0.05) is 5.69 Å². The maximum Gasteiger partial charge on any atom is 0.250 e. The molecule has 0 radical (unpaired) electrons. The van der Waals surface area contributed by atoms with E-state index >= 15 is 0 Å². The lowest BCUT2D eigenvalue weighted by molar-refractivity contribution is -0.148. The van der Waals surface area contributed by atoms with Crippen LogP contribution in [-0.2, 0) is 19.1 Å². The van der Waals surface area contributed by atoms with Gasteiger partial charge < -0.3 is 30.1 Å². The summed E-state index contributed by atoms with van der Waals surface area (Å²) >= 11 is 6.35. The Hall–Kier alpha value is -3.14. The summed E-state index contributed by atoms with van der Waals surface area (Å²) < 4.78 is 12.2. The van der Waals surface area contributed by atoms with Crippen molar-refractivity contribution in [2.75, 3.05) is 23.8 Å². The van der Waals surface area contributed by atoms with Crippen molar-refractivity contribution < 1.29 is 29.0 Å². The Balaban J connectivity index is 1.52. The molecule has 2 unspecified atom stereocenters. The van der Waals surface area contributed by atoms with Gasteiger partial charge in [0.25, 0.3) is 0 Å². The molecule has 2 bridgehead atoms. The molecule has 41 heavy (non-hydrogen) atoms. The normalized spacial score (nSPS) is 29.7. The predicted octanol–water partition coefficient (Wildman–Crippen LogP) is 4.49. The van der Waals surface area contributed by atoms with Gasteiger partial charge in [-0.1, -0.05) is 44.0 Å². The van der Waals surface area contributed by atoms with Crippen LogP contribution >= 0.6 is 11.6 Å². The average molecular weight is 584 g/mol. The lowest BCUT2D eigenvalue weighted by Crippen LogP contribution is -2.57. The summed E-state index contributed by atoms with van der Waals surface area (Å²) in [6.07, 6.45) is 1.63. The molecule has 3 saturated heterocycles. The van der Waals surface area contributed by atoms with Crippen LogP contribution in [0.4, 0.5) is 11.4 Å². The van der Waals surface area contributed by atoms with Crippen LogP contribution in [0.15, 0.2) is 48.5 Å². The molecule has 10 heteroatoms. The van der Waals surface area contributed by atoms with Crippen LogP contribution in [0, 0.1) is 17.8 Å². The van der Waals surface area contributed by atoms with E-state index in [-0.39, 0.29) is 24.3 Å². The minimum Gasteiger partial charge on any atom is -0.494 e. The zero-order valence-corrected chi connectivity index (χ0v) is 24.6. The second-order valence-electron chi connectivity index (χ2n) is 11.5. The van der Waals surface area contributed by atoms with Gasteiger partial charge in [-0.3, -0.25) is 14.4 Å². The van der Waals surface area contributed by atoms with Crippen LogP contribution < -0.4 is 15.4 Å². The number of hydrogen-bond donors (Lipinski definition) is 3. The van der Waals surface area contributed by atoms with Gasteiger partial charge >= 0.3 is 0 Å². The third-order valence-corrected chi connectivity index (χ3v) is 9.48. The molecule has 2 aromatic carbocycles. The fourth-order valence-corrected chi connectivity index (χ4v) is 7.20. The number of aliphatic hydroxyl groups is 1. The van der Waals surface area contributed by atoms with Crippen molar-refractivity contribution in [1.82, 2.24) is 4.90 Å². The lowest BCUT2D eigenvalue weighted by atomic mass is 9.66. The number of rotatable bonds is 10. The van der Waals surface area contributed by atoms with E-state index in [2.05, 4.69) is 10.6 Å². The molecule has 0 aliphatic carbocycles. The topological polar surface area (TPSA) is 117 Å². The quantitative estimate of drug-likeness (QED) is 0.379. The number of halogens is 1. The number of nitrogens with zero attached hydrogens (tertiary/aromatic N) is 1. The van der Waals surface area contributed by atoms with Crippen LogP contribution in [0.5, 0.6) is 5.75 Å². The summed E-state index contributed by atoms with van der Waals surface area (Å²) in [4.78, 5) is 43.9. The molecule has 0 aromatic heterocycles. The predicted molar refractivity (Wildman–Crippen MR) is 156 cm³/mol. The summed E-state index contributed by atoms with van der Waals surface area (Å²) in [7, 11) is 0. The first kappa shape index (κ1) is 29.4. The van der Waals surface area contributed by atoms with E-state index in [1.807, 2.05) is 27.7 Å². The third kappa shape index (κ3) is 4.87. The van der Waals surface area contributed by atoms with E-state index in [4.69, 9.17) is 21.1 Å². The highest BCUT2D eigenvalue weighted by Crippen LogP contribution is 2.63. The van der Waals surface area contributed by atoms with E-state index in [0.717, 1.165) is 0 Å². The molecule has 2 aromatic rings. The Bertz CT molecular complexity index is 1320. The van der Waals surface area contributed by atoms with Gasteiger partial charge in [-0.05, 0) is 69.0 Å². The number of nitrogens with one attached hydrogen (secondary N) is 2. The van der Waals surface area contributed by atoms with Gasteiger partial charge in [0.15, 0.2) is 0 Å². The molecule has 3 amide bonds. The van der Waals surface area contributed by atoms with E-state index < -0.39 is 41.0 Å². The SMILES string of the molecule is CCOc1ccc(NC(=O)[C@H]2[C@H]3C(=O)N([C@@H](CO)[C@@H](C)CC)C(C(=O)Nc4ccccc4Cl)C34CC[C@]2(C)O4)cc1. The zero-order chi connectivity index (χ0) is 29.5. The number of carbonyl (C=O) groups excluding carboxylic acids is 3. The molecule has 3 aliphatic heterocycles. The maximum atomic E-state index is 14.4. The van der Waals surface area contributed by atoms with Crippen molar-refractivity contribution in [2.24, 2.45) is 17.8 Å². The first-order valence-electron chi connectivity index (χ1n) is 14.3. The second-order valence-corrected chi connectivity index (χ2v) is 11.9. The van der Waals surface area contributed by atoms with Gasteiger partial charge in [0.1, 0.15) is 17.4 Å².